The third-order valence-electron chi connectivity index (χ3n) is 3.68. The molecule has 1 atom stereocenters. The predicted molar refractivity (Wildman–Crippen MR) is 83.5 cm³/mol. The lowest BCUT2D eigenvalue weighted by Gasteiger charge is -2.17. The van der Waals surface area contributed by atoms with Gasteiger partial charge < -0.3 is 10.6 Å². The lowest BCUT2D eigenvalue weighted by atomic mass is 10.2. The average molecular weight is 286 g/mol. The molecule has 1 aliphatic rings. The molecule has 1 saturated carbocycles. The lowest BCUT2D eigenvalue weighted by Crippen LogP contribution is -2.47. The minimum Gasteiger partial charge on any atom is -0.352 e. The van der Waals surface area contributed by atoms with Crippen molar-refractivity contribution in [3.8, 4) is 0 Å². The fraction of sp³-hybridized carbons (Fsp3) is 0.412. The number of carbonyl (C=O) groups is 2. The maximum absolute atomic E-state index is 12.0. The van der Waals surface area contributed by atoms with Crippen LogP contribution in [0.4, 0.5) is 0 Å². The number of hydrogen-bond donors (Lipinski definition) is 2. The normalized spacial score (nSPS) is 16.8. The van der Waals surface area contributed by atoms with Crippen LogP contribution in [0.25, 0.3) is 6.08 Å². The second-order valence-electron chi connectivity index (χ2n) is 5.46. The van der Waals surface area contributed by atoms with Crippen LogP contribution in [0.5, 0.6) is 0 Å². The average Bonchev–Trinajstić information content (AvgIpc) is 2.99. The smallest absolute Gasteiger partial charge is 0.244 e. The van der Waals surface area contributed by atoms with Gasteiger partial charge in [-0.25, -0.2) is 0 Å². The summed E-state index contributed by atoms with van der Waals surface area (Å²) in [5.74, 6) is -0.365. The Balaban J connectivity index is 1.78. The van der Waals surface area contributed by atoms with Crippen LogP contribution < -0.4 is 10.6 Å². The molecule has 0 aromatic heterocycles. The summed E-state index contributed by atoms with van der Waals surface area (Å²) >= 11 is 0. The molecule has 0 aliphatic heterocycles. The largest absolute Gasteiger partial charge is 0.352 e. The van der Waals surface area contributed by atoms with E-state index >= 15 is 0 Å². The second kappa shape index (κ2) is 7.62. The number of benzene rings is 1. The Labute approximate surface area is 125 Å². The van der Waals surface area contributed by atoms with Crippen molar-refractivity contribution in [2.45, 2.75) is 44.7 Å². The van der Waals surface area contributed by atoms with E-state index in [4.69, 9.17) is 0 Å². The van der Waals surface area contributed by atoms with Gasteiger partial charge in [0.2, 0.25) is 11.8 Å². The Bertz CT molecular complexity index is 505. The summed E-state index contributed by atoms with van der Waals surface area (Å²) in [7, 11) is 0. The van der Waals surface area contributed by atoms with Crippen LogP contribution in [0.15, 0.2) is 36.4 Å². The molecule has 4 nitrogen and oxygen atoms in total. The van der Waals surface area contributed by atoms with Gasteiger partial charge in [-0.15, -0.1) is 0 Å². The van der Waals surface area contributed by atoms with Crippen molar-refractivity contribution < 1.29 is 9.59 Å². The van der Waals surface area contributed by atoms with Crippen molar-refractivity contribution in [3.05, 3.63) is 42.0 Å². The summed E-state index contributed by atoms with van der Waals surface area (Å²) in [6, 6.07) is 9.34. The molecular formula is C17H22N2O2. The first-order chi connectivity index (χ1) is 10.1. The van der Waals surface area contributed by atoms with E-state index in [0.717, 1.165) is 18.4 Å². The van der Waals surface area contributed by atoms with Gasteiger partial charge in [0.15, 0.2) is 0 Å². The maximum Gasteiger partial charge on any atom is 0.244 e. The summed E-state index contributed by atoms with van der Waals surface area (Å²) in [5, 5.41) is 5.67. The van der Waals surface area contributed by atoms with Gasteiger partial charge in [-0.05, 0) is 31.4 Å². The van der Waals surface area contributed by atoms with E-state index in [2.05, 4.69) is 10.6 Å². The lowest BCUT2D eigenvalue weighted by molar-refractivity contribution is -0.127. The highest BCUT2D eigenvalue weighted by Gasteiger charge is 2.21. The molecule has 1 aromatic rings. The third kappa shape index (κ3) is 5.06. The fourth-order valence-electron chi connectivity index (χ4n) is 2.46. The SMILES string of the molecule is CC(NC(=O)/C=C/c1ccccc1)C(=O)NC1CCCC1. The minimum absolute atomic E-state index is 0.108. The molecule has 1 unspecified atom stereocenters. The standard InChI is InChI=1S/C17H22N2O2/c1-13(17(21)19-15-9-5-6-10-15)18-16(20)12-11-14-7-3-2-4-8-14/h2-4,7-8,11-13,15H,5-6,9-10H2,1H3,(H,18,20)(H,19,21)/b12-11+. The van der Waals surface area contributed by atoms with Crippen LogP contribution >= 0.6 is 0 Å². The quantitative estimate of drug-likeness (QED) is 0.816. The number of carbonyl (C=O) groups excluding carboxylic acids is 2. The van der Waals surface area contributed by atoms with Crippen molar-refractivity contribution in [1.82, 2.24) is 10.6 Å². The highest BCUT2D eigenvalue weighted by atomic mass is 16.2. The van der Waals surface area contributed by atoms with Gasteiger partial charge in [-0.2, -0.15) is 0 Å². The molecule has 0 heterocycles. The zero-order valence-corrected chi connectivity index (χ0v) is 12.3. The molecule has 1 fully saturated rings. The van der Waals surface area contributed by atoms with Crippen LogP contribution in [0.1, 0.15) is 38.2 Å². The van der Waals surface area contributed by atoms with Crippen LogP contribution in [0.3, 0.4) is 0 Å². The van der Waals surface area contributed by atoms with Crippen molar-refractivity contribution in [3.63, 3.8) is 0 Å². The van der Waals surface area contributed by atoms with E-state index in [1.807, 2.05) is 30.3 Å². The predicted octanol–water partition coefficient (Wildman–Crippen LogP) is 2.26. The first kappa shape index (κ1) is 15.3. The molecule has 1 aliphatic carbocycles. The van der Waals surface area contributed by atoms with Gasteiger partial charge in [-0.1, -0.05) is 43.2 Å². The van der Waals surface area contributed by atoms with E-state index < -0.39 is 6.04 Å². The van der Waals surface area contributed by atoms with Gasteiger partial charge in [-0.3, -0.25) is 9.59 Å². The van der Waals surface area contributed by atoms with E-state index in [9.17, 15) is 9.59 Å². The number of amides is 2. The highest BCUT2D eigenvalue weighted by Crippen LogP contribution is 2.17. The zero-order chi connectivity index (χ0) is 15.1. The van der Waals surface area contributed by atoms with Crippen LogP contribution in [-0.2, 0) is 9.59 Å². The molecule has 0 bridgehead atoms. The topological polar surface area (TPSA) is 58.2 Å². The van der Waals surface area contributed by atoms with Crippen molar-refractivity contribution in [2.24, 2.45) is 0 Å². The number of hydrogen-bond acceptors (Lipinski definition) is 2. The van der Waals surface area contributed by atoms with Gasteiger partial charge in [0.05, 0.1) is 0 Å². The van der Waals surface area contributed by atoms with Gasteiger partial charge in [0, 0.05) is 12.1 Å². The Kier molecular flexibility index (Phi) is 5.55. The van der Waals surface area contributed by atoms with Crippen molar-refractivity contribution in [2.75, 3.05) is 0 Å². The fourth-order valence-corrected chi connectivity index (χ4v) is 2.46. The van der Waals surface area contributed by atoms with Crippen molar-refractivity contribution in [1.29, 1.82) is 0 Å². The maximum atomic E-state index is 12.0. The van der Waals surface area contributed by atoms with Gasteiger partial charge in [0.25, 0.3) is 0 Å². The van der Waals surface area contributed by atoms with Gasteiger partial charge >= 0.3 is 0 Å². The van der Waals surface area contributed by atoms with E-state index in [0.29, 0.717) is 0 Å². The molecule has 21 heavy (non-hydrogen) atoms. The van der Waals surface area contributed by atoms with Crippen LogP contribution in [0, 0.1) is 0 Å². The van der Waals surface area contributed by atoms with E-state index in [1.54, 1.807) is 13.0 Å². The Morgan fingerprint density at radius 1 is 1.19 bits per heavy atom. The summed E-state index contributed by atoms with van der Waals surface area (Å²) in [6.45, 7) is 1.71. The molecule has 2 rings (SSSR count). The molecular weight excluding hydrogens is 264 g/mol. The zero-order valence-electron chi connectivity index (χ0n) is 12.3. The Morgan fingerprint density at radius 3 is 2.52 bits per heavy atom. The highest BCUT2D eigenvalue weighted by molar-refractivity contribution is 5.95. The molecule has 112 valence electrons. The molecule has 0 spiro atoms. The first-order valence-corrected chi connectivity index (χ1v) is 7.49. The molecule has 2 amide bonds. The van der Waals surface area contributed by atoms with Crippen LogP contribution in [-0.4, -0.2) is 23.9 Å². The Morgan fingerprint density at radius 2 is 1.86 bits per heavy atom. The first-order valence-electron chi connectivity index (χ1n) is 7.49. The molecule has 0 radical (unpaired) electrons. The second-order valence-corrected chi connectivity index (χ2v) is 5.46. The van der Waals surface area contributed by atoms with Gasteiger partial charge in [0.1, 0.15) is 6.04 Å². The summed E-state index contributed by atoms with van der Waals surface area (Å²) in [5.41, 5.74) is 0.954. The number of nitrogens with one attached hydrogen (secondary N) is 2. The summed E-state index contributed by atoms with van der Waals surface area (Å²) in [4.78, 5) is 23.7. The van der Waals surface area contributed by atoms with Crippen LogP contribution in [0.2, 0.25) is 0 Å². The Hall–Kier alpha value is -2.10. The van der Waals surface area contributed by atoms with Crippen molar-refractivity contribution >= 4 is 17.9 Å². The molecule has 0 saturated heterocycles. The molecule has 2 N–H and O–H groups in total. The van der Waals surface area contributed by atoms with E-state index in [1.165, 1.54) is 18.9 Å². The molecule has 1 aromatic carbocycles. The molecule has 4 heteroatoms. The summed E-state index contributed by atoms with van der Waals surface area (Å²) < 4.78 is 0. The third-order valence-corrected chi connectivity index (χ3v) is 3.68. The number of rotatable bonds is 5. The monoisotopic (exact) mass is 286 g/mol. The van der Waals surface area contributed by atoms with E-state index in [-0.39, 0.29) is 17.9 Å². The summed E-state index contributed by atoms with van der Waals surface area (Å²) in [6.07, 6.45) is 7.61. The minimum atomic E-state index is -0.515.